The van der Waals surface area contributed by atoms with Gasteiger partial charge < -0.3 is 5.11 Å². The van der Waals surface area contributed by atoms with E-state index in [-0.39, 0.29) is 5.75 Å². The average molecular weight is 320 g/mol. The largest absolute Gasteiger partial charge is 0.508 e. The summed E-state index contributed by atoms with van der Waals surface area (Å²) in [6.45, 7) is 0. The lowest BCUT2D eigenvalue weighted by atomic mass is 9.99. The number of aromatic hydroxyl groups is 1. The third-order valence-corrected chi connectivity index (χ3v) is 4.45. The Labute approximate surface area is 145 Å². The van der Waals surface area contributed by atoms with Crippen LogP contribution in [0.1, 0.15) is 11.1 Å². The first-order valence-electron chi connectivity index (χ1n) is 7.81. The Morgan fingerprint density at radius 3 is 1.84 bits per heavy atom. The van der Waals surface area contributed by atoms with E-state index in [0.717, 1.165) is 16.7 Å². The van der Waals surface area contributed by atoms with E-state index < -0.39 is 0 Å². The standard InChI is InChI=1S/C22H12N2O/c23-12-20-17-10-7-15(25)8-11-18(17)21(13-24)22(20)19-9-6-14-4-2-1-3-5-16(14)19/h1-11,25H. The molecule has 0 fully saturated rings. The lowest BCUT2D eigenvalue weighted by Gasteiger charge is -2.02. The van der Waals surface area contributed by atoms with E-state index >= 15 is 0 Å². The number of fused-ring (bicyclic) bond motifs is 2. The molecule has 4 aliphatic carbocycles. The van der Waals surface area contributed by atoms with Crippen molar-refractivity contribution < 1.29 is 5.11 Å². The van der Waals surface area contributed by atoms with Gasteiger partial charge >= 0.3 is 0 Å². The smallest absolute Gasteiger partial charge is 0.115 e. The molecule has 0 spiro atoms. The van der Waals surface area contributed by atoms with Gasteiger partial charge in [0.2, 0.25) is 0 Å². The van der Waals surface area contributed by atoms with Gasteiger partial charge in [0.25, 0.3) is 0 Å². The van der Waals surface area contributed by atoms with Crippen molar-refractivity contribution in [2.75, 3.05) is 0 Å². The quantitative estimate of drug-likeness (QED) is 0.536. The predicted molar refractivity (Wildman–Crippen MR) is 96.2 cm³/mol. The van der Waals surface area contributed by atoms with Crippen molar-refractivity contribution in [3.63, 3.8) is 0 Å². The second kappa shape index (κ2) is 5.67. The highest BCUT2D eigenvalue weighted by Gasteiger charge is 2.26. The number of nitriles is 2. The van der Waals surface area contributed by atoms with Gasteiger partial charge in [-0.25, -0.2) is 0 Å². The normalized spacial score (nSPS) is 10.5. The molecule has 0 unspecified atom stereocenters. The highest BCUT2D eigenvalue weighted by Crippen LogP contribution is 2.46. The van der Waals surface area contributed by atoms with E-state index in [0.29, 0.717) is 27.8 Å². The molecule has 0 heterocycles. The molecule has 0 aromatic carbocycles. The van der Waals surface area contributed by atoms with E-state index in [4.69, 9.17) is 0 Å². The average Bonchev–Trinajstić information content (AvgIpc) is 2.96. The molecule has 0 saturated heterocycles. The van der Waals surface area contributed by atoms with E-state index in [9.17, 15) is 15.6 Å². The van der Waals surface area contributed by atoms with Gasteiger partial charge in [-0.15, -0.1) is 0 Å². The number of hydrogen-bond donors (Lipinski definition) is 1. The first kappa shape index (κ1) is 14.8. The number of rotatable bonds is 1. The van der Waals surface area contributed by atoms with Crippen LogP contribution in [0.3, 0.4) is 0 Å². The topological polar surface area (TPSA) is 67.8 Å². The number of hydrogen-bond acceptors (Lipinski definition) is 3. The van der Waals surface area contributed by atoms with Gasteiger partial charge in [0.15, 0.2) is 0 Å². The van der Waals surface area contributed by atoms with Gasteiger partial charge in [0, 0.05) is 16.7 Å². The Hall–Kier alpha value is -3.82. The summed E-state index contributed by atoms with van der Waals surface area (Å²) in [7, 11) is 0. The van der Waals surface area contributed by atoms with Crippen LogP contribution in [-0.2, 0) is 0 Å². The second-order valence-electron chi connectivity index (χ2n) is 5.79. The molecule has 0 aromatic heterocycles. The summed E-state index contributed by atoms with van der Waals surface area (Å²) in [5.41, 5.74) is 5.85. The molecular weight excluding hydrogens is 308 g/mol. The summed E-state index contributed by atoms with van der Waals surface area (Å²) in [4.78, 5) is 0. The maximum atomic E-state index is 9.77. The summed E-state index contributed by atoms with van der Waals surface area (Å²) in [6, 6.07) is 24.8. The fourth-order valence-electron chi connectivity index (χ4n) is 3.34. The summed E-state index contributed by atoms with van der Waals surface area (Å²) in [5.74, 6) is 0.0938. The molecule has 0 aliphatic heterocycles. The molecule has 116 valence electrons. The van der Waals surface area contributed by atoms with Crippen molar-refractivity contribution in [1.29, 1.82) is 10.5 Å². The highest BCUT2D eigenvalue weighted by molar-refractivity contribution is 5.99. The molecule has 0 saturated carbocycles. The third kappa shape index (κ3) is 2.19. The predicted octanol–water partition coefficient (Wildman–Crippen LogP) is 5.01. The maximum Gasteiger partial charge on any atom is 0.115 e. The second-order valence-corrected chi connectivity index (χ2v) is 5.79. The van der Waals surface area contributed by atoms with Crippen molar-refractivity contribution in [3.8, 4) is 51.3 Å². The zero-order chi connectivity index (χ0) is 17.4. The molecule has 25 heavy (non-hydrogen) atoms. The Morgan fingerprint density at radius 1 is 0.600 bits per heavy atom. The van der Waals surface area contributed by atoms with Crippen molar-refractivity contribution in [3.05, 3.63) is 77.9 Å². The first-order valence-corrected chi connectivity index (χ1v) is 7.81. The Balaban J connectivity index is 2.13. The Morgan fingerprint density at radius 2 is 1.20 bits per heavy atom. The van der Waals surface area contributed by atoms with Crippen LogP contribution in [0.5, 0.6) is 5.75 Å². The molecule has 0 aromatic rings. The van der Waals surface area contributed by atoms with Crippen LogP contribution in [0.25, 0.3) is 33.4 Å². The summed E-state index contributed by atoms with van der Waals surface area (Å²) in [5, 5.41) is 29.3. The van der Waals surface area contributed by atoms with Crippen molar-refractivity contribution in [2.24, 2.45) is 0 Å². The fourth-order valence-corrected chi connectivity index (χ4v) is 3.34. The lowest BCUT2D eigenvalue weighted by Crippen LogP contribution is -1.82. The molecule has 0 atom stereocenters. The molecule has 1 N–H and O–H groups in total. The van der Waals surface area contributed by atoms with Crippen LogP contribution in [0.4, 0.5) is 0 Å². The molecule has 4 rings (SSSR count). The molecule has 4 aliphatic rings. The van der Waals surface area contributed by atoms with Crippen molar-refractivity contribution in [2.45, 2.75) is 0 Å². The maximum absolute atomic E-state index is 9.77. The molecule has 3 nitrogen and oxygen atoms in total. The van der Waals surface area contributed by atoms with Crippen LogP contribution in [0.2, 0.25) is 0 Å². The summed E-state index contributed by atoms with van der Waals surface area (Å²) in [6.07, 6.45) is 0. The van der Waals surface area contributed by atoms with Gasteiger partial charge in [0.05, 0.1) is 11.1 Å². The summed E-state index contributed by atoms with van der Waals surface area (Å²) >= 11 is 0. The first-order chi connectivity index (χ1) is 12.2. The van der Waals surface area contributed by atoms with E-state index in [1.807, 2.05) is 42.5 Å². The SMILES string of the molecule is N#Cc1c2ccc(O)ccc-2c(C#N)c1-c1ccc2cccccc1-2. The summed E-state index contributed by atoms with van der Waals surface area (Å²) < 4.78 is 0. The minimum Gasteiger partial charge on any atom is -0.508 e. The van der Waals surface area contributed by atoms with Crippen LogP contribution in [-0.4, -0.2) is 5.11 Å². The molecular formula is C22H12N2O. The van der Waals surface area contributed by atoms with E-state index in [1.165, 1.54) is 12.1 Å². The lowest BCUT2D eigenvalue weighted by molar-refractivity contribution is 0.476. The molecule has 0 radical (unpaired) electrons. The van der Waals surface area contributed by atoms with Crippen molar-refractivity contribution in [1.82, 2.24) is 0 Å². The minimum atomic E-state index is 0.0938. The van der Waals surface area contributed by atoms with Crippen LogP contribution in [0, 0.1) is 22.7 Å². The monoisotopic (exact) mass is 320 g/mol. The van der Waals surface area contributed by atoms with Crippen LogP contribution >= 0.6 is 0 Å². The van der Waals surface area contributed by atoms with Gasteiger partial charge in [-0.1, -0.05) is 42.5 Å². The van der Waals surface area contributed by atoms with E-state index in [2.05, 4.69) is 12.1 Å². The van der Waals surface area contributed by atoms with Gasteiger partial charge in [-0.3, -0.25) is 0 Å². The Bertz CT molecular complexity index is 1080. The number of nitrogens with zero attached hydrogens (tertiary/aromatic N) is 2. The van der Waals surface area contributed by atoms with Gasteiger partial charge in [-0.2, -0.15) is 10.5 Å². The van der Waals surface area contributed by atoms with Crippen molar-refractivity contribution >= 4 is 0 Å². The van der Waals surface area contributed by atoms with Crippen LogP contribution in [0.15, 0.2) is 66.7 Å². The zero-order valence-electron chi connectivity index (χ0n) is 13.2. The Kier molecular flexibility index (Phi) is 3.35. The van der Waals surface area contributed by atoms with Gasteiger partial charge in [-0.05, 0) is 41.0 Å². The zero-order valence-corrected chi connectivity index (χ0v) is 13.2. The molecule has 0 amide bonds. The molecule has 0 bridgehead atoms. The minimum absolute atomic E-state index is 0.0938. The highest BCUT2D eigenvalue weighted by atomic mass is 16.3. The fraction of sp³-hybridized carbons (Fsp3) is 0. The molecule has 3 heteroatoms. The third-order valence-electron chi connectivity index (χ3n) is 4.45. The van der Waals surface area contributed by atoms with E-state index in [1.54, 1.807) is 12.1 Å². The van der Waals surface area contributed by atoms with Gasteiger partial charge in [0.1, 0.15) is 17.9 Å². The van der Waals surface area contributed by atoms with Crippen LogP contribution < -0.4 is 0 Å².